The number of amides is 1. The van der Waals surface area contributed by atoms with Crippen LogP contribution >= 0.6 is 11.3 Å². The molecule has 0 saturated heterocycles. The van der Waals surface area contributed by atoms with Crippen LogP contribution in [0.1, 0.15) is 11.3 Å². The van der Waals surface area contributed by atoms with Gasteiger partial charge in [0.15, 0.2) is 5.13 Å². The number of nitrogen functional groups attached to an aromatic ring is 1. The van der Waals surface area contributed by atoms with Crippen LogP contribution in [0.2, 0.25) is 0 Å². The summed E-state index contributed by atoms with van der Waals surface area (Å²) in [5.41, 5.74) is 10.3. The molecule has 0 unspecified atom stereocenters. The molecule has 0 aliphatic carbocycles. The molecule has 4 nitrogen and oxygen atoms in total. The Kier molecular flexibility index (Phi) is 2.43. The summed E-state index contributed by atoms with van der Waals surface area (Å²) in [6.07, 6.45) is 2.68. The highest BCUT2D eigenvalue weighted by molar-refractivity contribution is 7.15. The number of anilines is 1. The average molecular weight is 171 g/mol. The maximum atomic E-state index is 10.4. The van der Waals surface area contributed by atoms with Gasteiger partial charge < -0.3 is 11.5 Å². The smallest absolute Gasteiger partial charge is 0.217 e. The van der Waals surface area contributed by atoms with E-state index in [0.29, 0.717) is 18.0 Å². The van der Waals surface area contributed by atoms with E-state index in [4.69, 9.17) is 11.5 Å². The number of hydrogen-bond donors (Lipinski definition) is 2. The lowest BCUT2D eigenvalue weighted by atomic mass is 10.3. The van der Waals surface area contributed by atoms with Crippen LogP contribution < -0.4 is 11.5 Å². The maximum absolute atomic E-state index is 10.4. The number of carbonyl (C=O) groups is 1. The fraction of sp³-hybridized carbons (Fsp3) is 0.333. The SMILES string of the molecule is NC(=O)CCc1cnc(N)s1. The Hall–Kier alpha value is -1.10. The minimum Gasteiger partial charge on any atom is -0.375 e. The Balaban J connectivity index is 2.45. The minimum absolute atomic E-state index is 0.294. The molecule has 0 aliphatic rings. The van der Waals surface area contributed by atoms with Crippen molar-refractivity contribution >= 4 is 22.4 Å². The molecule has 5 heteroatoms. The van der Waals surface area contributed by atoms with Gasteiger partial charge >= 0.3 is 0 Å². The normalized spacial score (nSPS) is 9.82. The maximum Gasteiger partial charge on any atom is 0.217 e. The summed E-state index contributed by atoms with van der Waals surface area (Å²) < 4.78 is 0. The van der Waals surface area contributed by atoms with Gasteiger partial charge in [-0.05, 0) is 6.42 Å². The fourth-order valence-corrected chi connectivity index (χ4v) is 1.37. The van der Waals surface area contributed by atoms with Crippen molar-refractivity contribution in [2.45, 2.75) is 12.8 Å². The van der Waals surface area contributed by atoms with Gasteiger partial charge in [-0.1, -0.05) is 0 Å². The van der Waals surface area contributed by atoms with Gasteiger partial charge in [-0.2, -0.15) is 0 Å². The molecule has 0 atom stereocenters. The highest BCUT2D eigenvalue weighted by atomic mass is 32.1. The Morgan fingerprint density at radius 3 is 2.91 bits per heavy atom. The monoisotopic (exact) mass is 171 g/mol. The van der Waals surface area contributed by atoms with Gasteiger partial charge in [-0.3, -0.25) is 4.79 Å². The Morgan fingerprint density at radius 1 is 1.73 bits per heavy atom. The van der Waals surface area contributed by atoms with Crippen LogP contribution in [0.5, 0.6) is 0 Å². The first-order valence-electron chi connectivity index (χ1n) is 3.17. The molecule has 0 spiro atoms. The summed E-state index contributed by atoms with van der Waals surface area (Å²) in [5, 5.41) is 0.532. The van der Waals surface area contributed by atoms with E-state index < -0.39 is 0 Å². The summed E-state index contributed by atoms with van der Waals surface area (Å²) in [7, 11) is 0. The summed E-state index contributed by atoms with van der Waals surface area (Å²) in [5.74, 6) is -0.294. The molecule has 11 heavy (non-hydrogen) atoms. The van der Waals surface area contributed by atoms with E-state index in [1.165, 1.54) is 11.3 Å². The van der Waals surface area contributed by atoms with Gasteiger partial charge in [-0.15, -0.1) is 11.3 Å². The third-order valence-electron chi connectivity index (χ3n) is 1.19. The third kappa shape index (κ3) is 2.55. The summed E-state index contributed by atoms with van der Waals surface area (Å²) >= 11 is 1.39. The van der Waals surface area contributed by atoms with Crippen LogP contribution in [-0.4, -0.2) is 10.9 Å². The van der Waals surface area contributed by atoms with Crippen LogP contribution in [-0.2, 0) is 11.2 Å². The van der Waals surface area contributed by atoms with E-state index in [2.05, 4.69) is 4.98 Å². The molecular formula is C6H9N3OS. The molecule has 1 amide bonds. The average Bonchev–Trinajstić information content (AvgIpc) is 2.31. The van der Waals surface area contributed by atoms with Gasteiger partial charge in [-0.25, -0.2) is 4.98 Å². The van der Waals surface area contributed by atoms with Crippen molar-refractivity contribution in [3.05, 3.63) is 11.1 Å². The number of aryl methyl sites for hydroxylation is 1. The summed E-state index contributed by atoms with van der Waals surface area (Å²) in [6, 6.07) is 0. The van der Waals surface area contributed by atoms with E-state index in [1.54, 1.807) is 6.20 Å². The first kappa shape index (κ1) is 8.00. The molecule has 0 aromatic carbocycles. The number of thiazole rings is 1. The van der Waals surface area contributed by atoms with Gasteiger partial charge in [0, 0.05) is 17.5 Å². The zero-order valence-corrected chi connectivity index (χ0v) is 6.73. The van der Waals surface area contributed by atoms with Crippen LogP contribution in [0.25, 0.3) is 0 Å². The molecule has 4 N–H and O–H groups in total. The van der Waals surface area contributed by atoms with Crippen LogP contribution in [0.3, 0.4) is 0 Å². The summed E-state index contributed by atoms with van der Waals surface area (Å²) in [6.45, 7) is 0. The second-order valence-electron chi connectivity index (χ2n) is 2.13. The van der Waals surface area contributed by atoms with Crippen LogP contribution in [0.15, 0.2) is 6.20 Å². The first-order chi connectivity index (χ1) is 5.18. The molecule has 0 fully saturated rings. The predicted molar refractivity (Wildman–Crippen MR) is 44.0 cm³/mol. The van der Waals surface area contributed by atoms with Crippen molar-refractivity contribution in [2.75, 3.05) is 5.73 Å². The first-order valence-corrected chi connectivity index (χ1v) is 3.98. The highest BCUT2D eigenvalue weighted by Crippen LogP contribution is 2.15. The van der Waals surface area contributed by atoms with Gasteiger partial charge in [0.1, 0.15) is 0 Å². The number of aromatic nitrogens is 1. The van der Waals surface area contributed by atoms with E-state index in [0.717, 1.165) is 4.88 Å². The molecule has 0 aliphatic heterocycles. The second kappa shape index (κ2) is 3.34. The Morgan fingerprint density at radius 2 is 2.45 bits per heavy atom. The van der Waals surface area contributed by atoms with Gasteiger partial charge in [0.2, 0.25) is 5.91 Å². The van der Waals surface area contributed by atoms with Crippen molar-refractivity contribution in [3.8, 4) is 0 Å². The van der Waals surface area contributed by atoms with Gasteiger partial charge in [0.25, 0.3) is 0 Å². The van der Waals surface area contributed by atoms with Crippen molar-refractivity contribution in [3.63, 3.8) is 0 Å². The van der Waals surface area contributed by atoms with Crippen LogP contribution in [0.4, 0.5) is 5.13 Å². The number of primary amides is 1. The zero-order chi connectivity index (χ0) is 8.27. The molecule has 0 bridgehead atoms. The third-order valence-corrected chi connectivity index (χ3v) is 2.08. The largest absolute Gasteiger partial charge is 0.375 e. The predicted octanol–water partition coefficient (Wildman–Crippen LogP) is 0.143. The molecular weight excluding hydrogens is 162 g/mol. The molecule has 1 heterocycles. The van der Waals surface area contributed by atoms with Crippen molar-refractivity contribution in [1.29, 1.82) is 0 Å². The van der Waals surface area contributed by atoms with E-state index in [1.807, 2.05) is 0 Å². The lowest BCUT2D eigenvalue weighted by molar-refractivity contribution is -0.117. The number of nitrogens with two attached hydrogens (primary N) is 2. The van der Waals surface area contributed by atoms with Crippen LogP contribution in [0, 0.1) is 0 Å². The van der Waals surface area contributed by atoms with E-state index >= 15 is 0 Å². The highest BCUT2D eigenvalue weighted by Gasteiger charge is 2.00. The quantitative estimate of drug-likeness (QED) is 0.678. The number of rotatable bonds is 3. The minimum atomic E-state index is -0.294. The standard InChI is InChI=1S/C6H9N3OS/c7-5(10)2-1-4-3-9-6(8)11-4/h3H,1-2H2,(H2,7,10)(H2,8,9). The number of carbonyl (C=O) groups excluding carboxylic acids is 1. The molecule has 0 saturated carbocycles. The van der Waals surface area contributed by atoms with Gasteiger partial charge in [0.05, 0.1) is 0 Å². The molecule has 0 radical (unpaired) electrons. The molecule has 1 rings (SSSR count). The van der Waals surface area contributed by atoms with Crippen molar-refractivity contribution in [2.24, 2.45) is 5.73 Å². The zero-order valence-electron chi connectivity index (χ0n) is 5.91. The summed E-state index contributed by atoms with van der Waals surface area (Å²) in [4.78, 5) is 15.2. The topological polar surface area (TPSA) is 82.0 Å². The Bertz CT molecular complexity index is 258. The van der Waals surface area contributed by atoms with Crippen molar-refractivity contribution < 1.29 is 4.79 Å². The second-order valence-corrected chi connectivity index (χ2v) is 3.28. The number of hydrogen-bond acceptors (Lipinski definition) is 4. The number of nitrogens with zero attached hydrogens (tertiary/aromatic N) is 1. The lowest BCUT2D eigenvalue weighted by Crippen LogP contribution is -2.10. The lowest BCUT2D eigenvalue weighted by Gasteiger charge is -1.89. The fourth-order valence-electron chi connectivity index (χ4n) is 0.685. The van der Waals surface area contributed by atoms with E-state index in [9.17, 15) is 4.79 Å². The molecule has 1 aromatic heterocycles. The van der Waals surface area contributed by atoms with Crippen molar-refractivity contribution in [1.82, 2.24) is 4.98 Å². The molecule has 1 aromatic rings. The molecule has 60 valence electrons. The van der Waals surface area contributed by atoms with E-state index in [-0.39, 0.29) is 5.91 Å². The Labute approximate surface area is 68.2 Å².